The van der Waals surface area contributed by atoms with Gasteiger partial charge >= 0.3 is 0 Å². The standard InChI is InChI=1S/C20H27NO2/c1-16-14-21(15-17(2)23-16)11-5-6-12-22-20-10-9-18-7-3-4-8-19(18)13-20/h3-4,7-10,13,16-17H,5-6,11-12,14-15H2,1-2H3/p+1/t16-,17+. The lowest BCUT2D eigenvalue weighted by molar-refractivity contribution is -0.915. The number of morpholine rings is 1. The second kappa shape index (κ2) is 7.80. The largest absolute Gasteiger partial charge is 0.494 e. The third-order valence-electron chi connectivity index (χ3n) is 4.53. The van der Waals surface area contributed by atoms with Gasteiger partial charge in [0.25, 0.3) is 0 Å². The Balaban J connectivity index is 1.39. The topological polar surface area (TPSA) is 22.9 Å². The highest BCUT2D eigenvalue weighted by Crippen LogP contribution is 2.20. The first-order chi connectivity index (χ1) is 11.2. The van der Waals surface area contributed by atoms with E-state index in [1.54, 1.807) is 4.90 Å². The van der Waals surface area contributed by atoms with Crippen molar-refractivity contribution < 1.29 is 14.4 Å². The summed E-state index contributed by atoms with van der Waals surface area (Å²) in [6.07, 6.45) is 3.10. The molecular weight excluding hydrogens is 286 g/mol. The number of rotatable bonds is 6. The van der Waals surface area contributed by atoms with Gasteiger partial charge in [-0.2, -0.15) is 0 Å². The number of benzene rings is 2. The number of fused-ring (bicyclic) bond motifs is 1. The van der Waals surface area contributed by atoms with E-state index in [0.717, 1.165) is 31.9 Å². The lowest BCUT2D eigenvalue weighted by Gasteiger charge is -2.32. The SMILES string of the molecule is C[C@@H]1C[NH+](CCCCOc2ccc3ccccc3c2)C[C@H](C)O1. The molecule has 0 amide bonds. The Morgan fingerprint density at radius 1 is 1.00 bits per heavy atom. The molecule has 3 atom stereocenters. The molecular formula is C20H28NO2+. The Kier molecular flexibility index (Phi) is 5.52. The fraction of sp³-hybridized carbons (Fsp3) is 0.500. The van der Waals surface area contributed by atoms with Crippen LogP contribution in [0.15, 0.2) is 42.5 Å². The van der Waals surface area contributed by atoms with E-state index >= 15 is 0 Å². The molecule has 1 saturated heterocycles. The predicted molar refractivity (Wildman–Crippen MR) is 94.2 cm³/mol. The molecule has 2 aromatic rings. The first kappa shape index (κ1) is 16.3. The van der Waals surface area contributed by atoms with Gasteiger partial charge in [0.15, 0.2) is 0 Å². The van der Waals surface area contributed by atoms with Gasteiger partial charge in [-0.05, 0) is 49.6 Å². The summed E-state index contributed by atoms with van der Waals surface area (Å²) in [6, 6.07) is 14.7. The smallest absolute Gasteiger partial charge is 0.119 e. The second-order valence-corrected chi connectivity index (χ2v) is 6.73. The molecule has 0 saturated carbocycles. The molecule has 124 valence electrons. The summed E-state index contributed by atoms with van der Waals surface area (Å²) in [5, 5.41) is 2.50. The number of quaternary nitrogens is 1. The minimum atomic E-state index is 0.391. The predicted octanol–water partition coefficient (Wildman–Crippen LogP) is 2.69. The van der Waals surface area contributed by atoms with Crippen LogP contribution in [0.4, 0.5) is 0 Å². The zero-order valence-electron chi connectivity index (χ0n) is 14.3. The molecule has 0 radical (unpaired) electrons. The monoisotopic (exact) mass is 314 g/mol. The van der Waals surface area contributed by atoms with Crippen LogP contribution in [0.2, 0.25) is 0 Å². The zero-order chi connectivity index (χ0) is 16.1. The maximum Gasteiger partial charge on any atom is 0.119 e. The Hall–Kier alpha value is -1.58. The van der Waals surface area contributed by atoms with Crippen molar-refractivity contribution in [3.05, 3.63) is 42.5 Å². The minimum Gasteiger partial charge on any atom is -0.494 e. The average Bonchev–Trinajstić information content (AvgIpc) is 2.53. The van der Waals surface area contributed by atoms with E-state index in [9.17, 15) is 0 Å². The second-order valence-electron chi connectivity index (χ2n) is 6.73. The summed E-state index contributed by atoms with van der Waals surface area (Å²) >= 11 is 0. The van der Waals surface area contributed by atoms with Crippen molar-refractivity contribution in [2.45, 2.75) is 38.9 Å². The minimum absolute atomic E-state index is 0.391. The van der Waals surface area contributed by atoms with Crippen LogP contribution in [0.3, 0.4) is 0 Å². The lowest BCUT2D eigenvalue weighted by atomic mass is 10.1. The van der Waals surface area contributed by atoms with Gasteiger partial charge in [-0.15, -0.1) is 0 Å². The van der Waals surface area contributed by atoms with Crippen LogP contribution >= 0.6 is 0 Å². The van der Waals surface area contributed by atoms with E-state index in [2.05, 4.69) is 56.3 Å². The molecule has 0 spiro atoms. The van der Waals surface area contributed by atoms with Crippen LogP contribution in [-0.2, 0) is 4.74 Å². The first-order valence-corrected chi connectivity index (χ1v) is 8.81. The summed E-state index contributed by atoms with van der Waals surface area (Å²) in [4.78, 5) is 1.67. The first-order valence-electron chi connectivity index (χ1n) is 8.81. The average molecular weight is 314 g/mol. The van der Waals surface area contributed by atoms with E-state index < -0.39 is 0 Å². The van der Waals surface area contributed by atoms with E-state index in [4.69, 9.17) is 9.47 Å². The van der Waals surface area contributed by atoms with Gasteiger partial charge in [-0.3, -0.25) is 0 Å². The summed E-state index contributed by atoms with van der Waals surface area (Å²) in [6.45, 7) is 8.65. The molecule has 3 nitrogen and oxygen atoms in total. The normalized spacial score (nSPS) is 24.7. The Labute approximate surface area is 139 Å². The van der Waals surface area contributed by atoms with Gasteiger partial charge < -0.3 is 14.4 Å². The van der Waals surface area contributed by atoms with E-state index in [0.29, 0.717) is 12.2 Å². The highest BCUT2D eigenvalue weighted by Gasteiger charge is 2.24. The van der Waals surface area contributed by atoms with Crippen molar-refractivity contribution in [2.24, 2.45) is 0 Å². The fourth-order valence-electron chi connectivity index (χ4n) is 3.52. The number of hydrogen-bond donors (Lipinski definition) is 1. The van der Waals surface area contributed by atoms with Crippen molar-refractivity contribution in [1.29, 1.82) is 0 Å². The molecule has 3 rings (SSSR count). The number of ether oxygens (including phenoxy) is 2. The van der Waals surface area contributed by atoms with Gasteiger partial charge in [-0.1, -0.05) is 30.3 Å². The highest BCUT2D eigenvalue weighted by molar-refractivity contribution is 5.83. The van der Waals surface area contributed by atoms with Gasteiger partial charge in [-0.25, -0.2) is 0 Å². The van der Waals surface area contributed by atoms with Crippen molar-refractivity contribution in [1.82, 2.24) is 0 Å². The molecule has 1 aliphatic rings. The summed E-state index contributed by atoms with van der Waals surface area (Å²) in [5.74, 6) is 0.977. The van der Waals surface area contributed by atoms with Gasteiger partial charge in [0, 0.05) is 0 Å². The quantitative estimate of drug-likeness (QED) is 0.829. The molecule has 1 heterocycles. The maximum atomic E-state index is 5.91. The number of nitrogens with one attached hydrogen (secondary N) is 1. The number of unbranched alkanes of at least 4 members (excludes halogenated alkanes) is 1. The van der Waals surface area contributed by atoms with Crippen LogP contribution in [-0.4, -0.2) is 38.4 Å². The van der Waals surface area contributed by atoms with E-state index in [1.807, 2.05) is 0 Å². The van der Waals surface area contributed by atoms with Gasteiger partial charge in [0.05, 0.1) is 13.2 Å². The van der Waals surface area contributed by atoms with Crippen LogP contribution in [0.5, 0.6) is 5.75 Å². The van der Waals surface area contributed by atoms with Crippen molar-refractivity contribution in [2.75, 3.05) is 26.2 Å². The molecule has 1 N–H and O–H groups in total. The van der Waals surface area contributed by atoms with E-state index in [1.165, 1.54) is 23.7 Å². The van der Waals surface area contributed by atoms with E-state index in [-0.39, 0.29) is 0 Å². The lowest BCUT2D eigenvalue weighted by Crippen LogP contribution is -3.15. The number of hydrogen-bond acceptors (Lipinski definition) is 2. The maximum absolute atomic E-state index is 5.91. The fourth-order valence-corrected chi connectivity index (χ4v) is 3.52. The van der Waals surface area contributed by atoms with Gasteiger partial charge in [0.1, 0.15) is 31.0 Å². The molecule has 2 aromatic carbocycles. The molecule has 23 heavy (non-hydrogen) atoms. The molecule has 1 fully saturated rings. The third-order valence-corrected chi connectivity index (χ3v) is 4.53. The summed E-state index contributed by atoms with van der Waals surface area (Å²) in [5.41, 5.74) is 0. The Bertz CT molecular complexity index is 618. The van der Waals surface area contributed by atoms with Crippen LogP contribution in [0, 0.1) is 0 Å². The van der Waals surface area contributed by atoms with Crippen molar-refractivity contribution in [3.8, 4) is 5.75 Å². The van der Waals surface area contributed by atoms with Crippen molar-refractivity contribution in [3.63, 3.8) is 0 Å². The molecule has 1 aliphatic heterocycles. The van der Waals surface area contributed by atoms with Crippen LogP contribution < -0.4 is 9.64 Å². The zero-order valence-corrected chi connectivity index (χ0v) is 14.3. The molecule has 1 unspecified atom stereocenters. The molecule has 0 aromatic heterocycles. The summed E-state index contributed by atoms with van der Waals surface area (Å²) in [7, 11) is 0. The van der Waals surface area contributed by atoms with Crippen LogP contribution in [0.25, 0.3) is 10.8 Å². The Morgan fingerprint density at radius 2 is 1.74 bits per heavy atom. The third kappa shape index (κ3) is 4.69. The Morgan fingerprint density at radius 3 is 2.52 bits per heavy atom. The summed E-state index contributed by atoms with van der Waals surface area (Å²) < 4.78 is 11.7. The molecule has 0 aliphatic carbocycles. The van der Waals surface area contributed by atoms with Crippen molar-refractivity contribution >= 4 is 10.8 Å². The van der Waals surface area contributed by atoms with Crippen LogP contribution in [0.1, 0.15) is 26.7 Å². The van der Waals surface area contributed by atoms with Gasteiger partial charge in [0.2, 0.25) is 0 Å². The molecule has 3 heteroatoms. The highest BCUT2D eigenvalue weighted by atomic mass is 16.5. The molecule has 0 bridgehead atoms.